The largest absolute Gasteiger partial charge is 4.00 e. The quantitative estimate of drug-likeness (QED) is 0.187. The number of para-hydroxylation sites is 1. The topological polar surface area (TPSA) is 22.2 Å². The van der Waals surface area contributed by atoms with Crippen LogP contribution in [-0.2, 0) is 37.4 Å². The Morgan fingerprint density at radius 1 is 0.702 bits per heavy atom. The summed E-state index contributed by atoms with van der Waals surface area (Å²) in [5.41, 5.74) is 8.88. The maximum atomic E-state index is 6.66. The van der Waals surface area contributed by atoms with Gasteiger partial charge in [0.1, 0.15) is 0 Å². The van der Waals surface area contributed by atoms with Crippen LogP contribution in [0.15, 0.2) is 85.2 Å². The number of rotatable bonds is 5. The van der Waals surface area contributed by atoms with Crippen LogP contribution < -0.4 is 14.5 Å². The number of hydrogen-bond acceptors (Lipinski definition) is 5. The van der Waals surface area contributed by atoms with E-state index < -0.39 is 0 Å². The number of nitrogens with zero attached hydrogens (tertiary/aromatic N) is 4. The third kappa shape index (κ3) is 6.89. The zero-order chi connectivity index (χ0) is 33.0. The summed E-state index contributed by atoms with van der Waals surface area (Å²) in [6.45, 7) is 22.5. The molecule has 6 heteroatoms. The summed E-state index contributed by atoms with van der Waals surface area (Å²) in [6.07, 6.45) is 4.02. The van der Waals surface area contributed by atoms with E-state index >= 15 is 0 Å². The van der Waals surface area contributed by atoms with Crippen LogP contribution in [0.2, 0.25) is 0 Å². The van der Waals surface area contributed by atoms with E-state index in [0.29, 0.717) is 11.5 Å². The Kier molecular flexibility index (Phi) is 9.49. The van der Waals surface area contributed by atoms with Gasteiger partial charge < -0.3 is 24.3 Å². The van der Waals surface area contributed by atoms with Crippen LogP contribution in [0.1, 0.15) is 72.1 Å². The summed E-state index contributed by atoms with van der Waals surface area (Å²) in [5.74, 6) is 1.27. The first-order valence-electron chi connectivity index (χ1n) is 16.0. The molecule has 0 bridgehead atoms. The van der Waals surface area contributed by atoms with Gasteiger partial charge >= 0.3 is 21.1 Å². The second kappa shape index (κ2) is 12.8. The molecule has 0 atom stereocenters. The smallest absolute Gasteiger partial charge is 0.510 e. The molecule has 0 saturated carbocycles. The molecule has 2 heterocycles. The van der Waals surface area contributed by atoms with Gasteiger partial charge in [0.05, 0.1) is 0 Å². The van der Waals surface area contributed by atoms with E-state index in [2.05, 4.69) is 146 Å². The van der Waals surface area contributed by atoms with E-state index in [9.17, 15) is 0 Å². The molecular weight excluding hydrogens is 760 g/mol. The maximum absolute atomic E-state index is 6.66. The monoisotopic (exact) mass is 805 g/mol. The van der Waals surface area contributed by atoms with Gasteiger partial charge in [0.15, 0.2) is 0 Å². The molecule has 0 saturated heterocycles. The Morgan fingerprint density at radius 3 is 1.98 bits per heavy atom. The van der Waals surface area contributed by atoms with Crippen molar-refractivity contribution in [3.8, 4) is 22.6 Å². The van der Waals surface area contributed by atoms with Crippen molar-refractivity contribution in [2.24, 2.45) is 0 Å². The average Bonchev–Trinajstić information content (AvgIpc) is 3.44. The molecule has 0 radical (unpaired) electrons. The molecule has 6 rings (SSSR count). The molecule has 0 fully saturated rings. The predicted molar refractivity (Wildman–Crippen MR) is 191 cm³/mol. The summed E-state index contributed by atoms with van der Waals surface area (Å²) >= 11 is 0. The first kappa shape index (κ1) is 34.8. The predicted octanol–water partition coefficient (Wildman–Crippen LogP) is 10.1. The Morgan fingerprint density at radius 2 is 1.34 bits per heavy atom. The fourth-order valence-electron chi connectivity index (χ4n) is 6.29. The van der Waals surface area contributed by atoms with Gasteiger partial charge in [-0.25, -0.2) is 0 Å². The summed E-state index contributed by atoms with van der Waals surface area (Å²) in [4.78, 5) is 8.56. The first-order valence-corrected chi connectivity index (χ1v) is 16.0. The minimum atomic E-state index is -0.160. The van der Waals surface area contributed by atoms with Gasteiger partial charge in [0.25, 0.3) is 0 Å². The molecule has 0 spiro atoms. The minimum absolute atomic E-state index is 0. The molecule has 0 N–H and O–H groups in total. The van der Waals surface area contributed by atoms with E-state index in [1.165, 1.54) is 22.3 Å². The Bertz CT molecular complexity index is 1750. The van der Waals surface area contributed by atoms with Crippen molar-refractivity contribution < 1.29 is 25.8 Å². The van der Waals surface area contributed by atoms with Gasteiger partial charge in [-0.15, -0.1) is 53.3 Å². The number of anilines is 3. The molecule has 0 aliphatic carbocycles. The van der Waals surface area contributed by atoms with Crippen molar-refractivity contribution in [1.29, 1.82) is 0 Å². The van der Waals surface area contributed by atoms with Crippen molar-refractivity contribution in [3.05, 3.63) is 127 Å². The third-order valence-corrected chi connectivity index (χ3v) is 9.07. The van der Waals surface area contributed by atoms with Crippen LogP contribution in [0.5, 0.6) is 11.5 Å². The zero-order valence-corrected chi connectivity index (χ0v) is 31.5. The average molecular weight is 806 g/mol. The SMILES string of the molecule is CN1C=CN(c2[c-]c(Oc3[c-]c(N4[CH-]N(C)C(C)(C)c5ccccc54)cc(-c4c(C(C)(C)C)cccc4C(C)(C)C)c3)ccc2)[CH-]1.[Pt+4]. The summed E-state index contributed by atoms with van der Waals surface area (Å²) in [7, 11) is 4.15. The van der Waals surface area contributed by atoms with Gasteiger partial charge in [-0.2, -0.15) is 19.4 Å². The fraction of sp³-hybridized carbons (Fsp3) is 0.317. The molecule has 4 aromatic carbocycles. The molecule has 0 aromatic heterocycles. The molecule has 5 nitrogen and oxygen atoms in total. The van der Waals surface area contributed by atoms with Crippen LogP contribution in [0.25, 0.3) is 11.1 Å². The molecule has 0 unspecified atom stereocenters. The molecule has 47 heavy (non-hydrogen) atoms. The second-order valence-corrected chi connectivity index (χ2v) is 15.0. The normalized spacial score (nSPS) is 16.3. The molecule has 246 valence electrons. The van der Waals surface area contributed by atoms with Crippen LogP contribution in [0.3, 0.4) is 0 Å². The van der Waals surface area contributed by atoms with Crippen molar-refractivity contribution in [3.63, 3.8) is 0 Å². The van der Waals surface area contributed by atoms with E-state index in [1.807, 2.05) is 54.1 Å². The first-order chi connectivity index (χ1) is 21.6. The van der Waals surface area contributed by atoms with Gasteiger partial charge in [-0.05, 0) is 79.5 Å². The van der Waals surface area contributed by atoms with Crippen LogP contribution >= 0.6 is 0 Å². The summed E-state index contributed by atoms with van der Waals surface area (Å²) in [5, 5.41) is 0. The van der Waals surface area contributed by atoms with E-state index in [0.717, 1.165) is 22.6 Å². The van der Waals surface area contributed by atoms with E-state index in [1.54, 1.807) is 0 Å². The van der Waals surface area contributed by atoms with Crippen LogP contribution in [0, 0.1) is 25.5 Å². The molecule has 4 aromatic rings. The van der Waals surface area contributed by atoms with Crippen molar-refractivity contribution >= 4 is 17.1 Å². The Balaban J connectivity index is 0.00000433. The van der Waals surface area contributed by atoms with Crippen molar-refractivity contribution in [1.82, 2.24) is 9.80 Å². The molecule has 2 aliphatic heterocycles. The minimum Gasteiger partial charge on any atom is -0.510 e. The number of ether oxygens (including phenoxy) is 1. The van der Waals surface area contributed by atoms with Crippen LogP contribution in [0.4, 0.5) is 17.1 Å². The second-order valence-electron chi connectivity index (χ2n) is 15.0. The Labute approximate surface area is 297 Å². The molecule has 2 aliphatic rings. The zero-order valence-electron chi connectivity index (χ0n) is 29.3. The van der Waals surface area contributed by atoms with E-state index in [-0.39, 0.29) is 37.4 Å². The fourth-order valence-corrected chi connectivity index (χ4v) is 6.29. The van der Waals surface area contributed by atoms with Gasteiger partial charge in [0, 0.05) is 22.7 Å². The summed E-state index contributed by atoms with van der Waals surface area (Å²) < 4.78 is 6.66. The van der Waals surface area contributed by atoms with Crippen molar-refractivity contribution in [2.45, 2.75) is 71.8 Å². The van der Waals surface area contributed by atoms with Gasteiger partial charge in [0.2, 0.25) is 0 Å². The van der Waals surface area contributed by atoms with Crippen molar-refractivity contribution in [2.75, 3.05) is 23.9 Å². The Hall–Kier alpha value is -3.53. The van der Waals surface area contributed by atoms with Crippen LogP contribution in [-0.4, -0.2) is 23.9 Å². The van der Waals surface area contributed by atoms with Gasteiger partial charge in [-0.3, -0.25) is 0 Å². The molecular formula is C41H46N4OPt. The van der Waals surface area contributed by atoms with Gasteiger partial charge in [-0.1, -0.05) is 77.9 Å². The third-order valence-electron chi connectivity index (χ3n) is 9.07. The number of benzene rings is 4. The standard InChI is InChI=1S/C41H46N4O.Pt/c1-39(2,3)35-18-14-19-36(40(4,5)6)38(35)29-23-31(45-28-43(10)41(7,8)34-17-11-12-20-37(34)45)26-33(24-29)46-32-16-13-15-30(25-32)44-22-21-42(9)27-44;/h11-24,27-28H,1-10H3;/q-4;+4. The maximum Gasteiger partial charge on any atom is 4.00 e. The molecule has 0 amide bonds. The van der Waals surface area contributed by atoms with E-state index in [4.69, 9.17) is 4.74 Å². The number of fused-ring (bicyclic) bond motifs is 1. The summed E-state index contributed by atoms with van der Waals surface area (Å²) in [6, 6.07) is 32.9. The number of hydrogen-bond donors (Lipinski definition) is 0.